The Hall–Kier alpha value is -3.49. The van der Waals surface area contributed by atoms with Crippen LogP contribution in [0.1, 0.15) is 29.0 Å². The van der Waals surface area contributed by atoms with E-state index in [1.165, 1.54) is 11.2 Å². The molecule has 1 aliphatic rings. The lowest BCUT2D eigenvalue weighted by molar-refractivity contribution is -0.120. The minimum atomic E-state index is -0.623. The Labute approximate surface area is 162 Å². The summed E-state index contributed by atoms with van der Waals surface area (Å²) >= 11 is 0. The fraction of sp³-hybridized carbons (Fsp3) is 0.316. The average Bonchev–Trinajstić information content (AvgIpc) is 3.35. The molecule has 9 nitrogen and oxygen atoms in total. The van der Waals surface area contributed by atoms with E-state index in [1.54, 1.807) is 24.3 Å². The molecule has 144 valence electrons. The van der Waals surface area contributed by atoms with Crippen molar-refractivity contribution in [2.75, 3.05) is 11.9 Å². The third-order valence-electron chi connectivity index (χ3n) is 4.79. The third-order valence-corrected chi connectivity index (χ3v) is 4.79. The summed E-state index contributed by atoms with van der Waals surface area (Å²) in [7, 11) is 1.69. The van der Waals surface area contributed by atoms with Crippen LogP contribution >= 0.6 is 0 Å². The van der Waals surface area contributed by atoms with E-state index < -0.39 is 11.9 Å². The summed E-state index contributed by atoms with van der Waals surface area (Å²) < 4.78 is 3.54. The van der Waals surface area contributed by atoms with Gasteiger partial charge >= 0.3 is 0 Å². The zero-order chi connectivity index (χ0) is 19.5. The third kappa shape index (κ3) is 3.64. The molecule has 0 bridgehead atoms. The van der Waals surface area contributed by atoms with Gasteiger partial charge in [-0.15, -0.1) is 5.10 Å². The van der Waals surface area contributed by atoms with Gasteiger partial charge in [-0.25, -0.2) is 14.6 Å². The number of hydrogen-bond donors (Lipinski definition) is 1. The highest BCUT2D eigenvalue weighted by atomic mass is 16.2. The number of anilines is 1. The maximum Gasteiger partial charge on any atom is 0.291 e. The molecule has 28 heavy (non-hydrogen) atoms. The van der Waals surface area contributed by atoms with Crippen LogP contribution in [0.25, 0.3) is 0 Å². The second-order valence-electron chi connectivity index (χ2n) is 6.76. The second kappa shape index (κ2) is 7.63. The Morgan fingerprint density at radius 3 is 2.89 bits per heavy atom. The topological polar surface area (TPSA) is 97.9 Å². The first-order valence-electron chi connectivity index (χ1n) is 9.14. The van der Waals surface area contributed by atoms with Crippen molar-refractivity contribution in [3.8, 4) is 0 Å². The largest absolute Gasteiger partial charge is 0.337 e. The van der Waals surface area contributed by atoms with E-state index in [9.17, 15) is 9.59 Å². The number of aromatic nitrogens is 5. The second-order valence-corrected chi connectivity index (χ2v) is 6.76. The number of fused-ring (bicyclic) bond motifs is 1. The molecular weight excluding hydrogens is 358 g/mol. The van der Waals surface area contributed by atoms with Gasteiger partial charge in [-0.2, -0.15) is 0 Å². The fourth-order valence-electron chi connectivity index (χ4n) is 3.30. The first-order chi connectivity index (χ1) is 13.6. The lowest BCUT2D eigenvalue weighted by atomic mass is 10.1. The number of rotatable bonds is 4. The Bertz CT molecular complexity index is 979. The monoisotopic (exact) mass is 379 g/mol. The fourth-order valence-corrected chi connectivity index (χ4v) is 3.30. The van der Waals surface area contributed by atoms with E-state index in [4.69, 9.17) is 0 Å². The van der Waals surface area contributed by atoms with Crippen LogP contribution in [-0.2, 0) is 17.9 Å². The number of carbonyl (C=O) groups excluding carboxylic acids is 2. The van der Waals surface area contributed by atoms with Crippen molar-refractivity contribution in [2.45, 2.75) is 32.0 Å². The van der Waals surface area contributed by atoms with Crippen LogP contribution in [0.4, 0.5) is 5.82 Å². The SMILES string of the molecule is CN1C(=O)[C@@H](NC(=O)c2ncn(Cc3ccccc3)n2)CCCn2cncc21. The molecule has 3 heterocycles. The van der Waals surface area contributed by atoms with E-state index in [0.717, 1.165) is 18.5 Å². The van der Waals surface area contributed by atoms with Gasteiger partial charge in [0, 0.05) is 13.6 Å². The zero-order valence-corrected chi connectivity index (χ0v) is 15.5. The molecule has 1 aliphatic heterocycles. The molecule has 2 amide bonds. The maximum absolute atomic E-state index is 12.8. The number of nitrogens with zero attached hydrogens (tertiary/aromatic N) is 6. The van der Waals surface area contributed by atoms with Gasteiger partial charge in [-0.1, -0.05) is 30.3 Å². The van der Waals surface area contributed by atoms with Crippen LogP contribution < -0.4 is 10.2 Å². The lowest BCUT2D eigenvalue weighted by Gasteiger charge is -2.27. The molecule has 0 fully saturated rings. The molecule has 0 saturated heterocycles. The van der Waals surface area contributed by atoms with Crippen LogP contribution in [0.3, 0.4) is 0 Å². The van der Waals surface area contributed by atoms with E-state index in [-0.39, 0.29) is 11.7 Å². The van der Waals surface area contributed by atoms with Crippen molar-refractivity contribution in [3.63, 3.8) is 0 Å². The minimum absolute atomic E-state index is 0.0542. The first-order valence-corrected chi connectivity index (χ1v) is 9.14. The number of hydrogen-bond acceptors (Lipinski definition) is 5. The van der Waals surface area contributed by atoms with Gasteiger partial charge in [0.05, 0.1) is 19.1 Å². The van der Waals surface area contributed by atoms with Crippen molar-refractivity contribution < 1.29 is 9.59 Å². The molecule has 1 N–H and O–H groups in total. The highest BCUT2D eigenvalue weighted by molar-refractivity contribution is 6.00. The molecule has 1 atom stereocenters. The van der Waals surface area contributed by atoms with Crippen LogP contribution in [0.15, 0.2) is 49.2 Å². The van der Waals surface area contributed by atoms with Crippen LogP contribution in [0, 0.1) is 0 Å². The molecule has 0 unspecified atom stereocenters. The summed E-state index contributed by atoms with van der Waals surface area (Å²) in [6.07, 6.45) is 6.17. The number of nitrogens with one attached hydrogen (secondary N) is 1. The van der Waals surface area contributed by atoms with Gasteiger partial charge in [-0.05, 0) is 18.4 Å². The maximum atomic E-state index is 12.8. The normalized spacial score (nSPS) is 17.0. The highest BCUT2D eigenvalue weighted by Crippen LogP contribution is 2.19. The summed E-state index contributed by atoms with van der Waals surface area (Å²) in [4.78, 5) is 35.1. The molecule has 0 spiro atoms. The van der Waals surface area contributed by atoms with E-state index in [2.05, 4.69) is 20.4 Å². The molecule has 0 saturated carbocycles. The smallest absolute Gasteiger partial charge is 0.291 e. The minimum Gasteiger partial charge on any atom is -0.337 e. The predicted octanol–water partition coefficient (Wildman–Crippen LogP) is 1.08. The number of carbonyl (C=O) groups is 2. The highest BCUT2D eigenvalue weighted by Gasteiger charge is 2.29. The van der Waals surface area contributed by atoms with Crippen molar-refractivity contribution in [1.82, 2.24) is 29.6 Å². The number of amides is 2. The molecule has 3 aromatic rings. The summed E-state index contributed by atoms with van der Waals surface area (Å²) in [5.41, 5.74) is 1.06. The predicted molar refractivity (Wildman–Crippen MR) is 102 cm³/mol. The van der Waals surface area contributed by atoms with Crippen LogP contribution in [0.5, 0.6) is 0 Å². The molecule has 9 heteroatoms. The van der Waals surface area contributed by atoms with Gasteiger partial charge in [0.25, 0.3) is 5.91 Å². The summed E-state index contributed by atoms with van der Waals surface area (Å²) in [6.45, 7) is 1.26. The summed E-state index contributed by atoms with van der Waals surface area (Å²) in [5.74, 6) is 0.138. The molecule has 2 aromatic heterocycles. The number of aryl methyl sites for hydroxylation is 1. The van der Waals surface area contributed by atoms with Crippen molar-refractivity contribution in [1.29, 1.82) is 0 Å². The van der Waals surface area contributed by atoms with Gasteiger partial charge in [0.2, 0.25) is 11.7 Å². The Kier molecular flexibility index (Phi) is 4.88. The van der Waals surface area contributed by atoms with Crippen molar-refractivity contribution in [2.24, 2.45) is 0 Å². The molecule has 0 radical (unpaired) electrons. The molecule has 0 aliphatic carbocycles. The quantitative estimate of drug-likeness (QED) is 0.731. The summed E-state index contributed by atoms with van der Waals surface area (Å²) in [6, 6.07) is 9.18. The Balaban J connectivity index is 1.44. The van der Waals surface area contributed by atoms with Gasteiger partial charge in [0.15, 0.2) is 0 Å². The Morgan fingerprint density at radius 1 is 1.25 bits per heavy atom. The zero-order valence-electron chi connectivity index (χ0n) is 15.5. The van der Waals surface area contributed by atoms with E-state index in [0.29, 0.717) is 18.8 Å². The number of benzene rings is 1. The first kappa shape index (κ1) is 17.9. The van der Waals surface area contributed by atoms with Gasteiger partial charge in [0.1, 0.15) is 18.2 Å². The average molecular weight is 379 g/mol. The van der Waals surface area contributed by atoms with E-state index in [1.807, 2.05) is 34.9 Å². The van der Waals surface area contributed by atoms with Crippen LogP contribution in [-0.4, -0.2) is 49.2 Å². The summed E-state index contributed by atoms with van der Waals surface area (Å²) in [5, 5.41) is 7.02. The van der Waals surface area contributed by atoms with Crippen molar-refractivity contribution >= 4 is 17.6 Å². The molecular formula is C19H21N7O2. The standard InChI is InChI=1S/C19H21N7O2/c1-24-16-10-20-12-25(16)9-5-8-15(19(24)28)22-18(27)17-21-13-26(23-17)11-14-6-3-2-4-7-14/h2-4,6-7,10,12-13,15H,5,8-9,11H2,1H3,(H,22,27)/t15-/m0/s1. The molecule has 1 aromatic carbocycles. The van der Waals surface area contributed by atoms with Crippen molar-refractivity contribution in [3.05, 3.63) is 60.6 Å². The molecule has 4 rings (SSSR count). The number of likely N-dealkylation sites (N-methyl/N-ethyl adjacent to an activating group) is 1. The van der Waals surface area contributed by atoms with Gasteiger partial charge in [-0.3, -0.25) is 14.5 Å². The lowest BCUT2D eigenvalue weighted by Crippen LogP contribution is -2.49. The van der Waals surface area contributed by atoms with E-state index >= 15 is 0 Å². The van der Waals surface area contributed by atoms with Gasteiger partial charge < -0.3 is 9.88 Å². The Morgan fingerprint density at radius 2 is 2.07 bits per heavy atom. The number of imidazole rings is 1. The van der Waals surface area contributed by atoms with Crippen LogP contribution in [0.2, 0.25) is 0 Å².